The molecule has 2 aromatic carbocycles. The van der Waals surface area contributed by atoms with E-state index in [-0.39, 0.29) is 11.5 Å². The molecule has 9 nitrogen and oxygen atoms in total. The number of nitriles is 2. The zero-order valence-corrected chi connectivity index (χ0v) is 22.9. The summed E-state index contributed by atoms with van der Waals surface area (Å²) in [5, 5.41) is 19.5. The van der Waals surface area contributed by atoms with Gasteiger partial charge in [0.1, 0.15) is 17.1 Å². The zero-order chi connectivity index (χ0) is 27.8. The Morgan fingerprint density at radius 3 is 2.54 bits per heavy atom. The summed E-state index contributed by atoms with van der Waals surface area (Å²) in [4.78, 5) is 21.6. The molecule has 0 amide bonds. The predicted molar refractivity (Wildman–Crippen MR) is 157 cm³/mol. The summed E-state index contributed by atoms with van der Waals surface area (Å²) in [5.74, 6) is 1.73. The summed E-state index contributed by atoms with van der Waals surface area (Å²) in [6.45, 7) is 3.72. The number of fused-ring (bicyclic) bond motifs is 3. The summed E-state index contributed by atoms with van der Waals surface area (Å²) in [6.07, 6.45) is 6.75. The van der Waals surface area contributed by atoms with E-state index in [0.29, 0.717) is 25.2 Å². The molecule has 9 heteroatoms. The second-order valence-corrected chi connectivity index (χ2v) is 12.1. The normalized spacial score (nSPS) is 22.9. The van der Waals surface area contributed by atoms with Gasteiger partial charge in [0.25, 0.3) is 0 Å². The highest BCUT2D eigenvalue weighted by molar-refractivity contribution is 6.12. The van der Waals surface area contributed by atoms with Gasteiger partial charge in [0.2, 0.25) is 0 Å². The van der Waals surface area contributed by atoms with Gasteiger partial charge in [0.05, 0.1) is 47.5 Å². The molecule has 204 valence electrons. The Hall–Kier alpha value is -4.47. The lowest BCUT2D eigenvalue weighted by Gasteiger charge is -2.42. The minimum absolute atomic E-state index is 0.0958. The number of anilines is 3. The number of rotatable bonds is 2. The van der Waals surface area contributed by atoms with Crippen LogP contribution in [-0.4, -0.2) is 47.5 Å². The third-order valence-corrected chi connectivity index (χ3v) is 10.0. The van der Waals surface area contributed by atoms with Crippen LogP contribution >= 0.6 is 0 Å². The lowest BCUT2D eigenvalue weighted by molar-refractivity contribution is 0.187. The van der Waals surface area contributed by atoms with Crippen LogP contribution in [0, 0.1) is 28.1 Å². The van der Waals surface area contributed by atoms with E-state index in [1.165, 1.54) is 11.1 Å². The van der Waals surface area contributed by atoms with E-state index in [1.54, 1.807) is 0 Å². The maximum Gasteiger partial charge on any atom is 0.156 e. The van der Waals surface area contributed by atoms with E-state index in [9.17, 15) is 10.5 Å². The SMILES string of the molecule is N#Cc1ccc2c(c1)N(C1(C#N)CC1)CCN2C1=NCc2nc(N3CCC4(CC3)Cc3ccccc3[C@H]4N)cnc21. The minimum Gasteiger partial charge on any atom is -0.355 e. The Labute approximate surface area is 239 Å². The third kappa shape index (κ3) is 3.59. The Balaban J connectivity index is 1.03. The van der Waals surface area contributed by atoms with Crippen LogP contribution in [0.15, 0.2) is 53.7 Å². The highest BCUT2D eigenvalue weighted by Crippen LogP contribution is 2.51. The molecule has 2 aliphatic carbocycles. The molecule has 2 fully saturated rings. The molecule has 41 heavy (non-hydrogen) atoms. The summed E-state index contributed by atoms with van der Waals surface area (Å²) in [5.41, 5.74) is 13.4. The number of benzene rings is 2. The fourth-order valence-electron chi connectivity index (χ4n) is 7.49. The van der Waals surface area contributed by atoms with Gasteiger partial charge >= 0.3 is 0 Å². The minimum atomic E-state index is -0.461. The second-order valence-electron chi connectivity index (χ2n) is 12.1. The monoisotopic (exact) mass is 541 g/mol. The van der Waals surface area contributed by atoms with Gasteiger partial charge in [0, 0.05) is 32.2 Å². The van der Waals surface area contributed by atoms with E-state index >= 15 is 0 Å². The molecule has 2 N–H and O–H groups in total. The first-order chi connectivity index (χ1) is 20.0. The van der Waals surface area contributed by atoms with Crippen molar-refractivity contribution >= 4 is 23.0 Å². The van der Waals surface area contributed by atoms with Crippen molar-refractivity contribution in [1.82, 2.24) is 9.97 Å². The average Bonchev–Trinajstić information content (AvgIpc) is 3.63. The lowest BCUT2D eigenvalue weighted by atomic mass is 9.73. The smallest absolute Gasteiger partial charge is 0.156 e. The lowest BCUT2D eigenvalue weighted by Crippen LogP contribution is -2.49. The van der Waals surface area contributed by atoms with E-state index < -0.39 is 5.54 Å². The predicted octanol–water partition coefficient (Wildman–Crippen LogP) is 3.83. The topological polar surface area (TPSA) is 121 Å². The Bertz CT molecular complexity index is 1680. The molecule has 0 unspecified atom stereocenters. The number of nitrogens with two attached hydrogens (primary N) is 1. The first kappa shape index (κ1) is 24.3. The van der Waals surface area contributed by atoms with Crippen molar-refractivity contribution in [3.05, 3.63) is 76.7 Å². The van der Waals surface area contributed by atoms with Gasteiger partial charge in [0.15, 0.2) is 5.84 Å². The van der Waals surface area contributed by atoms with Crippen LogP contribution < -0.4 is 20.4 Å². The van der Waals surface area contributed by atoms with Crippen molar-refractivity contribution in [3.8, 4) is 12.1 Å². The van der Waals surface area contributed by atoms with Crippen molar-refractivity contribution in [1.29, 1.82) is 10.5 Å². The zero-order valence-electron chi connectivity index (χ0n) is 22.9. The molecule has 3 aromatic rings. The van der Waals surface area contributed by atoms with E-state index in [1.807, 2.05) is 24.4 Å². The number of aromatic nitrogens is 2. The second kappa shape index (κ2) is 8.76. The summed E-state index contributed by atoms with van der Waals surface area (Å²) in [6, 6.07) is 19.2. The van der Waals surface area contributed by atoms with Crippen LogP contribution in [0.25, 0.3) is 0 Å². The first-order valence-corrected chi connectivity index (χ1v) is 14.5. The van der Waals surface area contributed by atoms with Crippen LogP contribution in [0.4, 0.5) is 17.2 Å². The number of amidine groups is 1. The Morgan fingerprint density at radius 1 is 0.951 bits per heavy atom. The highest BCUT2D eigenvalue weighted by Gasteiger charge is 2.51. The number of piperidine rings is 1. The highest BCUT2D eigenvalue weighted by atomic mass is 15.3. The summed E-state index contributed by atoms with van der Waals surface area (Å²) in [7, 11) is 0. The quantitative estimate of drug-likeness (QED) is 0.520. The number of hydrogen-bond acceptors (Lipinski definition) is 9. The van der Waals surface area contributed by atoms with E-state index in [4.69, 9.17) is 20.7 Å². The van der Waals surface area contributed by atoms with Crippen LogP contribution in [0.5, 0.6) is 0 Å². The molecule has 5 aliphatic rings. The van der Waals surface area contributed by atoms with Gasteiger partial charge in [-0.3, -0.25) is 4.99 Å². The Morgan fingerprint density at radius 2 is 1.78 bits per heavy atom. The molecule has 1 atom stereocenters. The first-order valence-electron chi connectivity index (χ1n) is 14.5. The average molecular weight is 542 g/mol. The third-order valence-electron chi connectivity index (χ3n) is 10.0. The van der Waals surface area contributed by atoms with Crippen molar-refractivity contribution in [3.63, 3.8) is 0 Å². The molecular formula is C32H31N9. The molecule has 0 bridgehead atoms. The molecule has 1 saturated carbocycles. The fraction of sp³-hybridized carbons (Fsp3) is 0.406. The molecule has 4 heterocycles. The summed E-state index contributed by atoms with van der Waals surface area (Å²) < 4.78 is 0. The molecule has 8 rings (SSSR count). The van der Waals surface area contributed by atoms with E-state index in [2.05, 4.69) is 51.1 Å². The molecule has 1 spiro atoms. The Kier molecular flexibility index (Phi) is 5.20. The maximum absolute atomic E-state index is 9.89. The van der Waals surface area contributed by atoms with Crippen LogP contribution in [0.2, 0.25) is 0 Å². The van der Waals surface area contributed by atoms with E-state index in [0.717, 1.165) is 79.6 Å². The summed E-state index contributed by atoms with van der Waals surface area (Å²) >= 11 is 0. The van der Waals surface area contributed by atoms with Crippen molar-refractivity contribution in [2.24, 2.45) is 16.1 Å². The van der Waals surface area contributed by atoms with Crippen molar-refractivity contribution in [2.45, 2.75) is 50.2 Å². The number of aliphatic imine (C=N–C) groups is 1. The van der Waals surface area contributed by atoms with Crippen LogP contribution in [-0.2, 0) is 13.0 Å². The number of hydrogen-bond donors (Lipinski definition) is 1. The molecule has 3 aliphatic heterocycles. The van der Waals surface area contributed by atoms with Gasteiger partial charge in [-0.1, -0.05) is 24.3 Å². The number of nitrogens with zero attached hydrogens (tertiary/aromatic N) is 8. The van der Waals surface area contributed by atoms with Crippen LogP contribution in [0.1, 0.15) is 59.8 Å². The largest absolute Gasteiger partial charge is 0.355 e. The standard InChI is InChI=1S/C32H31N9/c33-17-21-5-6-25-26(15-21)41(32(20-34)7-8-32)14-13-40(25)30-28-24(18-37-30)38-27(19-36-28)39-11-9-31(10-12-39)16-22-3-1-2-4-23(22)29(31)35/h1-6,15,19,29H,7-14,16,18,35H2/t29-/m1/s1. The maximum atomic E-state index is 9.89. The molecular weight excluding hydrogens is 510 g/mol. The van der Waals surface area contributed by atoms with Gasteiger partial charge in [-0.2, -0.15) is 10.5 Å². The molecule has 1 aromatic heterocycles. The van der Waals surface area contributed by atoms with Gasteiger partial charge in [-0.05, 0) is 66.8 Å². The van der Waals surface area contributed by atoms with Gasteiger partial charge < -0.3 is 20.4 Å². The van der Waals surface area contributed by atoms with Crippen molar-refractivity contribution in [2.75, 3.05) is 40.9 Å². The molecule has 1 saturated heterocycles. The van der Waals surface area contributed by atoms with Crippen LogP contribution in [0.3, 0.4) is 0 Å². The van der Waals surface area contributed by atoms with Crippen molar-refractivity contribution < 1.29 is 0 Å². The van der Waals surface area contributed by atoms with Gasteiger partial charge in [-0.25, -0.2) is 9.97 Å². The molecule has 0 radical (unpaired) electrons. The fourth-order valence-corrected chi connectivity index (χ4v) is 7.49. The van der Waals surface area contributed by atoms with Gasteiger partial charge in [-0.15, -0.1) is 0 Å².